The van der Waals surface area contributed by atoms with Crippen molar-refractivity contribution in [1.29, 1.82) is 0 Å². The van der Waals surface area contributed by atoms with Gasteiger partial charge < -0.3 is 13.7 Å². The lowest BCUT2D eigenvalue weighted by atomic mass is 10.0. The van der Waals surface area contributed by atoms with Gasteiger partial charge in [0.05, 0.1) is 13.2 Å². The van der Waals surface area contributed by atoms with E-state index in [2.05, 4.69) is 28.9 Å². The first-order chi connectivity index (χ1) is 7.40. The summed E-state index contributed by atoms with van der Waals surface area (Å²) in [7, 11) is -0.847. The highest BCUT2D eigenvalue weighted by Gasteiger charge is 2.39. The Kier molecular flexibility index (Phi) is 2.39. The Morgan fingerprint density at radius 3 is 3.27 bits per heavy atom. The number of rotatable bonds is 2. The molecular weight excluding hydrogens is 209 g/mol. The van der Waals surface area contributed by atoms with Crippen LogP contribution >= 0.6 is 8.53 Å². The van der Waals surface area contributed by atoms with Crippen LogP contribution in [0.1, 0.15) is 18.4 Å². The van der Waals surface area contributed by atoms with E-state index in [0.29, 0.717) is 5.92 Å². The zero-order chi connectivity index (χ0) is 10.3. The molecule has 1 saturated heterocycles. The fraction of sp³-hybridized carbons (Fsp3) is 0.455. The molecule has 0 amide bonds. The quantitative estimate of drug-likeness (QED) is 0.719. The summed E-state index contributed by atoms with van der Waals surface area (Å²) in [6.07, 6.45) is 0. The fourth-order valence-electron chi connectivity index (χ4n) is 2.21. The van der Waals surface area contributed by atoms with Gasteiger partial charge in [-0.2, -0.15) is 0 Å². The van der Waals surface area contributed by atoms with E-state index >= 15 is 0 Å². The molecule has 4 heteroatoms. The van der Waals surface area contributed by atoms with Crippen molar-refractivity contribution in [1.82, 2.24) is 0 Å². The Balaban J connectivity index is 1.95. The molecule has 2 aliphatic heterocycles. The number of anilines is 1. The van der Waals surface area contributed by atoms with Crippen LogP contribution in [0.2, 0.25) is 0 Å². The summed E-state index contributed by atoms with van der Waals surface area (Å²) in [4.78, 5) is 0. The summed E-state index contributed by atoms with van der Waals surface area (Å²) >= 11 is 0. The van der Waals surface area contributed by atoms with E-state index in [1.165, 1.54) is 11.3 Å². The Morgan fingerprint density at radius 2 is 2.40 bits per heavy atom. The first-order valence-corrected chi connectivity index (χ1v) is 6.45. The minimum atomic E-state index is -0.847. The van der Waals surface area contributed by atoms with Gasteiger partial charge in [0.25, 0.3) is 8.53 Å². The van der Waals surface area contributed by atoms with E-state index in [1.807, 2.05) is 6.92 Å². The molecule has 0 spiro atoms. The summed E-state index contributed by atoms with van der Waals surface area (Å²) in [6, 6.07) is 8.55. The molecule has 15 heavy (non-hydrogen) atoms. The second-order valence-corrected chi connectivity index (χ2v) is 5.26. The van der Waals surface area contributed by atoms with Gasteiger partial charge >= 0.3 is 0 Å². The van der Waals surface area contributed by atoms with Crippen molar-refractivity contribution in [2.24, 2.45) is 0 Å². The first kappa shape index (κ1) is 9.59. The zero-order valence-electron chi connectivity index (χ0n) is 8.72. The van der Waals surface area contributed by atoms with Crippen molar-refractivity contribution in [2.45, 2.75) is 12.8 Å². The minimum absolute atomic E-state index is 0.542. The second kappa shape index (κ2) is 3.75. The van der Waals surface area contributed by atoms with Gasteiger partial charge in [-0.1, -0.05) is 18.2 Å². The normalized spacial score (nSPS) is 27.9. The van der Waals surface area contributed by atoms with Crippen LogP contribution in [0, 0.1) is 0 Å². The van der Waals surface area contributed by atoms with Gasteiger partial charge in [-0.25, -0.2) is 0 Å². The van der Waals surface area contributed by atoms with Gasteiger partial charge in [0.1, 0.15) is 0 Å². The SMILES string of the molecule is CCOP1OC[C@H]2CN1c1ccccc12. The molecule has 1 unspecified atom stereocenters. The van der Waals surface area contributed by atoms with Crippen molar-refractivity contribution in [3.63, 3.8) is 0 Å². The summed E-state index contributed by atoms with van der Waals surface area (Å²) in [6.45, 7) is 4.60. The molecule has 0 N–H and O–H groups in total. The molecule has 1 fully saturated rings. The predicted octanol–water partition coefficient (Wildman–Crippen LogP) is 2.88. The van der Waals surface area contributed by atoms with E-state index in [9.17, 15) is 0 Å². The molecule has 1 aromatic rings. The third-order valence-corrected chi connectivity index (χ3v) is 4.49. The highest BCUT2D eigenvalue weighted by Crippen LogP contribution is 2.56. The van der Waals surface area contributed by atoms with E-state index in [0.717, 1.165) is 19.8 Å². The highest BCUT2D eigenvalue weighted by atomic mass is 31.2. The molecular formula is C11H14NO2P. The molecule has 0 saturated carbocycles. The van der Waals surface area contributed by atoms with Crippen molar-refractivity contribution >= 4 is 14.2 Å². The molecule has 2 atom stereocenters. The first-order valence-electron chi connectivity index (χ1n) is 5.32. The predicted molar refractivity (Wildman–Crippen MR) is 61.0 cm³/mol. The fourth-order valence-corrected chi connectivity index (χ4v) is 3.78. The second-order valence-electron chi connectivity index (χ2n) is 3.79. The van der Waals surface area contributed by atoms with E-state index < -0.39 is 8.53 Å². The molecule has 0 aliphatic carbocycles. The van der Waals surface area contributed by atoms with Crippen LogP contribution in [0.4, 0.5) is 5.69 Å². The average molecular weight is 223 g/mol. The molecule has 80 valence electrons. The third kappa shape index (κ3) is 1.46. The number of nitrogens with zero attached hydrogens (tertiary/aromatic N) is 1. The van der Waals surface area contributed by atoms with Crippen molar-refractivity contribution in [2.75, 3.05) is 24.4 Å². The Hall–Kier alpha value is -0.630. The molecule has 2 aliphatic rings. The third-order valence-electron chi connectivity index (χ3n) is 2.87. The number of benzene rings is 1. The molecule has 1 aromatic carbocycles. The lowest BCUT2D eigenvalue weighted by molar-refractivity contribution is 0.231. The molecule has 0 radical (unpaired) electrons. The summed E-state index contributed by atoms with van der Waals surface area (Å²) in [5.41, 5.74) is 2.72. The number of para-hydroxylation sites is 1. The van der Waals surface area contributed by atoms with Gasteiger partial charge in [-0.3, -0.25) is 0 Å². The maximum Gasteiger partial charge on any atom is 0.289 e. The number of hydrogen-bond donors (Lipinski definition) is 0. The van der Waals surface area contributed by atoms with Crippen LogP contribution in [0.25, 0.3) is 0 Å². The average Bonchev–Trinajstić information content (AvgIpc) is 2.58. The smallest absolute Gasteiger partial charge is 0.289 e. The lowest BCUT2D eigenvalue weighted by Gasteiger charge is -2.31. The standard InChI is InChI=1S/C11H14NO2P/c1-2-13-15-12-7-9(8-14-15)10-5-3-4-6-11(10)12/h3-6,9H,2,7-8H2,1H3/t9-,15?/m1/s1. The van der Waals surface area contributed by atoms with Gasteiger partial charge in [-0.15, -0.1) is 0 Å². The van der Waals surface area contributed by atoms with Crippen molar-refractivity contribution in [3.8, 4) is 0 Å². The summed E-state index contributed by atoms with van der Waals surface area (Å²) in [5.74, 6) is 0.542. The van der Waals surface area contributed by atoms with Crippen LogP contribution in [0.15, 0.2) is 24.3 Å². The van der Waals surface area contributed by atoms with Gasteiger partial charge in [0.2, 0.25) is 0 Å². The van der Waals surface area contributed by atoms with Crippen molar-refractivity contribution < 1.29 is 9.05 Å². The zero-order valence-corrected chi connectivity index (χ0v) is 9.61. The van der Waals surface area contributed by atoms with Gasteiger partial charge in [-0.05, 0) is 18.6 Å². The summed E-state index contributed by atoms with van der Waals surface area (Å²) in [5, 5.41) is 0. The Labute approximate surface area is 91.0 Å². The van der Waals surface area contributed by atoms with Crippen LogP contribution in [0.5, 0.6) is 0 Å². The lowest BCUT2D eigenvalue weighted by Crippen LogP contribution is -2.25. The number of fused-ring (bicyclic) bond motifs is 5. The van der Waals surface area contributed by atoms with Crippen molar-refractivity contribution in [3.05, 3.63) is 29.8 Å². The Morgan fingerprint density at radius 1 is 1.53 bits per heavy atom. The molecule has 0 aromatic heterocycles. The van der Waals surface area contributed by atoms with E-state index in [-0.39, 0.29) is 0 Å². The molecule has 3 rings (SSSR count). The van der Waals surface area contributed by atoms with Gasteiger partial charge in [0, 0.05) is 18.2 Å². The van der Waals surface area contributed by atoms with Crippen LogP contribution in [-0.2, 0) is 9.05 Å². The number of hydrogen-bond acceptors (Lipinski definition) is 3. The monoisotopic (exact) mass is 223 g/mol. The summed E-state index contributed by atoms with van der Waals surface area (Å²) < 4.78 is 13.7. The largest absolute Gasteiger partial charge is 0.318 e. The molecule has 2 bridgehead atoms. The van der Waals surface area contributed by atoms with Crippen LogP contribution < -0.4 is 4.67 Å². The topological polar surface area (TPSA) is 21.7 Å². The minimum Gasteiger partial charge on any atom is -0.318 e. The maximum atomic E-state index is 5.76. The van der Waals surface area contributed by atoms with Crippen LogP contribution in [0.3, 0.4) is 0 Å². The van der Waals surface area contributed by atoms with E-state index in [1.54, 1.807) is 0 Å². The maximum absolute atomic E-state index is 5.76. The Bertz CT molecular complexity index is 371. The van der Waals surface area contributed by atoms with Gasteiger partial charge in [0.15, 0.2) is 0 Å². The highest BCUT2D eigenvalue weighted by molar-refractivity contribution is 7.49. The molecule has 3 nitrogen and oxygen atoms in total. The van der Waals surface area contributed by atoms with E-state index in [4.69, 9.17) is 9.05 Å². The van der Waals surface area contributed by atoms with Crippen LogP contribution in [-0.4, -0.2) is 19.8 Å². The molecule has 2 heterocycles.